The SMILES string of the molecule is CC(N)c1noc(C23CC4CC(CC(C4)C2)C3)n1. The maximum absolute atomic E-state index is 5.83. The van der Waals surface area contributed by atoms with Crippen LogP contribution in [0.25, 0.3) is 0 Å². The number of nitrogens with two attached hydrogens (primary N) is 1. The lowest BCUT2D eigenvalue weighted by molar-refractivity contribution is -0.0201. The molecule has 4 aliphatic carbocycles. The number of rotatable bonds is 2. The van der Waals surface area contributed by atoms with Crippen LogP contribution in [0.4, 0.5) is 0 Å². The van der Waals surface area contributed by atoms with Crippen molar-refractivity contribution in [3.8, 4) is 0 Å². The van der Waals surface area contributed by atoms with Crippen LogP contribution < -0.4 is 5.73 Å². The highest BCUT2D eigenvalue weighted by molar-refractivity contribution is 5.15. The van der Waals surface area contributed by atoms with Crippen LogP contribution in [-0.4, -0.2) is 10.1 Å². The van der Waals surface area contributed by atoms with Crippen LogP contribution in [0, 0.1) is 17.8 Å². The highest BCUT2D eigenvalue weighted by Gasteiger charge is 2.54. The van der Waals surface area contributed by atoms with E-state index >= 15 is 0 Å². The molecule has 0 aromatic carbocycles. The summed E-state index contributed by atoms with van der Waals surface area (Å²) in [4.78, 5) is 4.60. The van der Waals surface area contributed by atoms with Gasteiger partial charge in [-0.3, -0.25) is 0 Å². The predicted molar refractivity (Wildman–Crippen MR) is 66.8 cm³/mol. The Bertz CT molecular complexity index is 430. The van der Waals surface area contributed by atoms with Crippen LogP contribution in [-0.2, 0) is 5.41 Å². The molecule has 0 amide bonds. The second-order valence-corrected chi connectivity index (χ2v) is 6.94. The maximum atomic E-state index is 5.83. The molecule has 98 valence electrons. The standard InChI is InChI=1S/C14H21N3O/c1-8(15)12-16-13(18-17-12)14-5-9-2-10(6-14)4-11(3-9)7-14/h8-11H,2-7,15H2,1H3. The van der Waals surface area contributed by atoms with E-state index in [-0.39, 0.29) is 11.5 Å². The molecule has 5 rings (SSSR count). The summed E-state index contributed by atoms with van der Waals surface area (Å²) < 4.78 is 5.57. The summed E-state index contributed by atoms with van der Waals surface area (Å²) in [5, 5.41) is 4.06. The lowest BCUT2D eigenvalue weighted by atomic mass is 9.49. The Hall–Kier alpha value is -0.900. The topological polar surface area (TPSA) is 64.9 Å². The summed E-state index contributed by atoms with van der Waals surface area (Å²) in [7, 11) is 0. The summed E-state index contributed by atoms with van der Waals surface area (Å²) in [5.41, 5.74) is 6.04. The minimum atomic E-state index is -0.128. The average Bonchev–Trinajstić information content (AvgIpc) is 2.76. The minimum Gasteiger partial charge on any atom is -0.339 e. The molecule has 1 heterocycles. The van der Waals surface area contributed by atoms with Gasteiger partial charge in [0.2, 0.25) is 5.89 Å². The van der Waals surface area contributed by atoms with Gasteiger partial charge in [-0.1, -0.05) is 5.16 Å². The van der Waals surface area contributed by atoms with E-state index in [1.165, 1.54) is 38.5 Å². The Morgan fingerprint density at radius 1 is 1.17 bits per heavy atom. The lowest BCUT2D eigenvalue weighted by Gasteiger charge is -2.55. The molecule has 1 aromatic rings. The van der Waals surface area contributed by atoms with Crippen molar-refractivity contribution in [1.82, 2.24) is 10.1 Å². The third-order valence-electron chi connectivity index (χ3n) is 5.34. The van der Waals surface area contributed by atoms with Crippen LogP contribution in [0.15, 0.2) is 4.52 Å². The summed E-state index contributed by atoms with van der Waals surface area (Å²) in [6.45, 7) is 1.91. The first-order valence-corrected chi connectivity index (χ1v) is 7.24. The molecule has 0 radical (unpaired) electrons. The molecule has 2 N–H and O–H groups in total. The van der Waals surface area contributed by atoms with E-state index < -0.39 is 0 Å². The molecule has 4 heteroatoms. The fourth-order valence-corrected chi connectivity index (χ4v) is 5.01. The first kappa shape index (κ1) is 11.0. The summed E-state index contributed by atoms with van der Waals surface area (Å²) in [6.07, 6.45) is 8.10. The molecule has 1 unspecified atom stereocenters. The predicted octanol–water partition coefficient (Wildman–Crippen LogP) is 2.56. The van der Waals surface area contributed by atoms with Crippen molar-refractivity contribution in [1.29, 1.82) is 0 Å². The Kier molecular flexibility index (Phi) is 2.17. The van der Waals surface area contributed by atoms with Crippen molar-refractivity contribution in [2.75, 3.05) is 0 Å². The van der Waals surface area contributed by atoms with E-state index in [0.717, 1.165) is 23.6 Å². The quantitative estimate of drug-likeness (QED) is 0.872. The fraction of sp³-hybridized carbons (Fsp3) is 0.857. The molecular formula is C14H21N3O. The molecule has 0 saturated heterocycles. The van der Waals surface area contributed by atoms with E-state index in [9.17, 15) is 0 Å². The van der Waals surface area contributed by atoms with E-state index in [0.29, 0.717) is 5.82 Å². The van der Waals surface area contributed by atoms with E-state index in [1.807, 2.05) is 6.92 Å². The third-order valence-corrected chi connectivity index (χ3v) is 5.34. The van der Waals surface area contributed by atoms with Gasteiger partial charge in [0.25, 0.3) is 0 Å². The van der Waals surface area contributed by atoms with Gasteiger partial charge < -0.3 is 10.3 Å². The van der Waals surface area contributed by atoms with Gasteiger partial charge in [-0.05, 0) is 63.2 Å². The molecule has 1 aromatic heterocycles. The number of nitrogens with zero attached hydrogens (tertiary/aromatic N) is 2. The summed E-state index contributed by atoms with van der Waals surface area (Å²) >= 11 is 0. The Balaban J connectivity index is 1.70. The molecule has 4 fully saturated rings. The van der Waals surface area contributed by atoms with Gasteiger partial charge in [-0.15, -0.1) is 0 Å². The van der Waals surface area contributed by atoms with Gasteiger partial charge in [0.15, 0.2) is 5.82 Å². The monoisotopic (exact) mass is 247 g/mol. The van der Waals surface area contributed by atoms with Gasteiger partial charge in [-0.25, -0.2) is 0 Å². The van der Waals surface area contributed by atoms with Crippen LogP contribution in [0.2, 0.25) is 0 Å². The number of hydrogen-bond acceptors (Lipinski definition) is 4. The third kappa shape index (κ3) is 1.48. The van der Waals surface area contributed by atoms with Gasteiger partial charge >= 0.3 is 0 Å². The van der Waals surface area contributed by atoms with Crippen molar-refractivity contribution in [2.45, 2.75) is 56.9 Å². The zero-order valence-corrected chi connectivity index (χ0v) is 10.9. The van der Waals surface area contributed by atoms with Crippen molar-refractivity contribution >= 4 is 0 Å². The second-order valence-electron chi connectivity index (χ2n) is 6.94. The molecular weight excluding hydrogens is 226 g/mol. The number of hydrogen-bond donors (Lipinski definition) is 1. The smallest absolute Gasteiger partial charge is 0.232 e. The van der Waals surface area contributed by atoms with E-state index in [2.05, 4.69) is 10.1 Å². The average molecular weight is 247 g/mol. The highest BCUT2D eigenvalue weighted by atomic mass is 16.5. The van der Waals surface area contributed by atoms with Gasteiger partial charge in [0, 0.05) is 0 Å². The molecule has 4 nitrogen and oxygen atoms in total. The lowest BCUT2D eigenvalue weighted by Crippen LogP contribution is -2.48. The van der Waals surface area contributed by atoms with E-state index in [1.54, 1.807) is 0 Å². The van der Waals surface area contributed by atoms with Gasteiger partial charge in [0.05, 0.1) is 11.5 Å². The Labute approximate surface area is 107 Å². The first-order valence-electron chi connectivity index (χ1n) is 7.24. The Morgan fingerprint density at radius 3 is 2.17 bits per heavy atom. The highest BCUT2D eigenvalue weighted by Crippen LogP contribution is 2.60. The zero-order chi connectivity index (χ0) is 12.3. The molecule has 18 heavy (non-hydrogen) atoms. The van der Waals surface area contributed by atoms with Crippen LogP contribution in [0.1, 0.15) is 63.2 Å². The van der Waals surface area contributed by atoms with Crippen molar-refractivity contribution in [3.05, 3.63) is 11.7 Å². The van der Waals surface area contributed by atoms with Crippen molar-refractivity contribution < 1.29 is 4.52 Å². The number of aromatic nitrogens is 2. The van der Waals surface area contributed by atoms with Crippen molar-refractivity contribution in [3.63, 3.8) is 0 Å². The minimum absolute atomic E-state index is 0.128. The van der Waals surface area contributed by atoms with Gasteiger partial charge in [-0.2, -0.15) is 4.98 Å². The van der Waals surface area contributed by atoms with Crippen LogP contribution in [0.5, 0.6) is 0 Å². The summed E-state index contributed by atoms with van der Waals surface area (Å²) in [5.74, 6) is 4.26. The van der Waals surface area contributed by atoms with E-state index in [4.69, 9.17) is 10.3 Å². The summed E-state index contributed by atoms with van der Waals surface area (Å²) in [6, 6.07) is -0.128. The largest absolute Gasteiger partial charge is 0.339 e. The van der Waals surface area contributed by atoms with Gasteiger partial charge in [0.1, 0.15) is 0 Å². The first-order chi connectivity index (χ1) is 8.64. The molecule has 1 atom stereocenters. The zero-order valence-electron chi connectivity index (χ0n) is 10.9. The molecule has 4 bridgehead atoms. The molecule has 0 aliphatic heterocycles. The van der Waals surface area contributed by atoms with Crippen LogP contribution in [0.3, 0.4) is 0 Å². The Morgan fingerprint density at radius 2 is 1.72 bits per heavy atom. The van der Waals surface area contributed by atoms with Crippen LogP contribution >= 0.6 is 0 Å². The molecule has 4 aliphatic rings. The second kappa shape index (κ2) is 3.56. The normalized spacial score (nSPS) is 43.3. The molecule has 4 saturated carbocycles. The fourth-order valence-electron chi connectivity index (χ4n) is 5.01. The van der Waals surface area contributed by atoms with Crippen molar-refractivity contribution in [2.24, 2.45) is 23.5 Å². The maximum Gasteiger partial charge on any atom is 0.232 e. The molecule has 0 spiro atoms.